The maximum Gasteiger partial charge on any atom is 0.153 e. The molecule has 16 heavy (non-hydrogen) atoms. The first-order chi connectivity index (χ1) is 7.51. The lowest BCUT2D eigenvalue weighted by Crippen LogP contribution is -2.43. The Morgan fingerprint density at radius 3 is 2.19 bits per heavy atom. The third-order valence-corrected chi connectivity index (χ3v) is 3.04. The summed E-state index contributed by atoms with van der Waals surface area (Å²) in [5, 5.41) is 0. The van der Waals surface area contributed by atoms with Crippen LogP contribution < -0.4 is 0 Å². The van der Waals surface area contributed by atoms with Crippen LogP contribution in [-0.4, -0.2) is 29.3 Å². The molecule has 0 aliphatic heterocycles. The number of rotatable bonds is 4. The van der Waals surface area contributed by atoms with Gasteiger partial charge in [-0.05, 0) is 38.6 Å². The zero-order valence-corrected chi connectivity index (χ0v) is 10.7. The van der Waals surface area contributed by atoms with Gasteiger partial charge in [0.1, 0.15) is 0 Å². The minimum Gasteiger partial charge on any atom is -0.295 e. The van der Waals surface area contributed by atoms with Gasteiger partial charge in [0, 0.05) is 0 Å². The van der Waals surface area contributed by atoms with Crippen molar-refractivity contribution in [2.45, 2.75) is 33.2 Å². The lowest BCUT2D eigenvalue weighted by Gasteiger charge is -2.37. The first-order valence-electron chi connectivity index (χ1n) is 5.87. The highest BCUT2D eigenvalue weighted by atomic mass is 16.1. The van der Waals surface area contributed by atoms with Crippen LogP contribution in [0.3, 0.4) is 0 Å². The second-order valence-corrected chi connectivity index (χ2v) is 4.32. The fourth-order valence-corrected chi connectivity index (χ4v) is 2.09. The fraction of sp³-hybridized carbons (Fsp3) is 0.500. The van der Waals surface area contributed by atoms with Crippen molar-refractivity contribution in [1.82, 2.24) is 4.90 Å². The normalized spacial score (nSPS) is 23.9. The maximum absolute atomic E-state index is 11.0. The van der Waals surface area contributed by atoms with Crippen molar-refractivity contribution < 1.29 is 4.79 Å². The van der Waals surface area contributed by atoms with Crippen LogP contribution in [0.4, 0.5) is 0 Å². The van der Waals surface area contributed by atoms with Gasteiger partial charge in [0.25, 0.3) is 0 Å². The molecule has 2 nitrogen and oxygen atoms in total. The average Bonchev–Trinajstić information content (AvgIpc) is 2.23. The molecular weight excluding hydrogens is 198 g/mol. The highest BCUT2D eigenvalue weighted by Gasteiger charge is 2.25. The molecule has 0 bridgehead atoms. The van der Waals surface area contributed by atoms with Gasteiger partial charge in [-0.1, -0.05) is 38.2 Å². The Morgan fingerprint density at radius 1 is 1.31 bits per heavy atom. The van der Waals surface area contributed by atoms with Gasteiger partial charge in [0.15, 0.2) is 5.78 Å². The monoisotopic (exact) mass is 219 g/mol. The highest BCUT2D eigenvalue weighted by Crippen LogP contribution is 2.24. The summed E-state index contributed by atoms with van der Waals surface area (Å²) in [5.74, 6) is 0.0933. The summed E-state index contributed by atoms with van der Waals surface area (Å²) < 4.78 is 0. The van der Waals surface area contributed by atoms with Crippen LogP contribution in [0.25, 0.3) is 0 Å². The summed E-state index contributed by atoms with van der Waals surface area (Å²) in [5.41, 5.74) is 0.967. The number of likely N-dealkylation sites (N-methyl/N-ethyl adjacent to an activating group) is 1. The van der Waals surface area contributed by atoms with Gasteiger partial charge in [-0.2, -0.15) is 0 Å². The van der Waals surface area contributed by atoms with E-state index in [2.05, 4.69) is 37.8 Å². The minimum atomic E-state index is -0.0162. The van der Waals surface area contributed by atoms with Crippen molar-refractivity contribution in [1.29, 1.82) is 0 Å². The van der Waals surface area contributed by atoms with Gasteiger partial charge in [-0.3, -0.25) is 9.69 Å². The predicted molar refractivity (Wildman–Crippen MR) is 68.4 cm³/mol. The van der Waals surface area contributed by atoms with Crippen LogP contribution in [0.15, 0.2) is 36.0 Å². The summed E-state index contributed by atoms with van der Waals surface area (Å²) in [6.07, 6.45) is 10.0. The Morgan fingerprint density at radius 2 is 1.81 bits per heavy atom. The largest absolute Gasteiger partial charge is 0.295 e. The number of nitrogens with zero attached hydrogens (tertiary/aromatic N) is 1. The molecule has 0 radical (unpaired) electrons. The third-order valence-electron chi connectivity index (χ3n) is 3.04. The molecule has 0 unspecified atom stereocenters. The van der Waals surface area contributed by atoms with E-state index in [1.165, 1.54) is 0 Å². The van der Waals surface area contributed by atoms with Crippen LogP contribution in [0, 0.1) is 0 Å². The molecule has 0 spiro atoms. The van der Waals surface area contributed by atoms with E-state index in [1.54, 1.807) is 13.0 Å². The SMILES string of the molecule is CCN(CC)C1(C)C=CC(=CC(C)=O)C=C1. The van der Waals surface area contributed by atoms with Crippen LogP contribution >= 0.6 is 0 Å². The topological polar surface area (TPSA) is 20.3 Å². The van der Waals surface area contributed by atoms with Gasteiger partial charge in [-0.25, -0.2) is 0 Å². The lowest BCUT2D eigenvalue weighted by atomic mass is 9.92. The van der Waals surface area contributed by atoms with Crippen molar-refractivity contribution in [2.75, 3.05) is 13.1 Å². The van der Waals surface area contributed by atoms with Gasteiger partial charge in [-0.15, -0.1) is 0 Å². The molecule has 0 N–H and O–H groups in total. The second-order valence-electron chi connectivity index (χ2n) is 4.32. The molecular formula is C14H21NO. The molecule has 88 valence electrons. The van der Waals surface area contributed by atoms with Gasteiger partial charge in [0.2, 0.25) is 0 Å². The van der Waals surface area contributed by atoms with E-state index >= 15 is 0 Å². The Hall–Kier alpha value is -1.15. The summed E-state index contributed by atoms with van der Waals surface area (Å²) in [6, 6.07) is 0. The number of carbonyl (C=O) groups is 1. The van der Waals surface area contributed by atoms with E-state index in [9.17, 15) is 4.79 Å². The molecule has 0 aromatic heterocycles. The highest BCUT2D eigenvalue weighted by molar-refractivity contribution is 5.89. The Balaban J connectivity index is 2.86. The standard InChI is InChI=1S/C14H21NO/c1-5-15(6-2)14(4)9-7-13(8-10-14)11-12(3)16/h7-11H,5-6H2,1-4H3. The first kappa shape index (κ1) is 12.9. The molecule has 1 aliphatic rings. The van der Waals surface area contributed by atoms with Crippen molar-refractivity contribution in [2.24, 2.45) is 0 Å². The fourth-order valence-electron chi connectivity index (χ4n) is 2.09. The molecule has 0 atom stereocenters. The second kappa shape index (κ2) is 5.26. The van der Waals surface area contributed by atoms with Crippen molar-refractivity contribution in [3.05, 3.63) is 36.0 Å². The summed E-state index contributed by atoms with van der Waals surface area (Å²) >= 11 is 0. The third kappa shape index (κ3) is 2.92. The van der Waals surface area contributed by atoms with Gasteiger partial charge < -0.3 is 0 Å². The quantitative estimate of drug-likeness (QED) is 0.678. The zero-order chi connectivity index (χ0) is 12.2. The first-order valence-corrected chi connectivity index (χ1v) is 5.87. The van der Waals surface area contributed by atoms with E-state index in [-0.39, 0.29) is 11.3 Å². The van der Waals surface area contributed by atoms with Crippen LogP contribution in [-0.2, 0) is 4.79 Å². The molecule has 0 fully saturated rings. The average molecular weight is 219 g/mol. The summed E-state index contributed by atoms with van der Waals surface area (Å²) in [6.45, 7) is 10.1. The van der Waals surface area contributed by atoms with Crippen molar-refractivity contribution >= 4 is 5.78 Å². The smallest absolute Gasteiger partial charge is 0.153 e. The van der Waals surface area contributed by atoms with E-state index < -0.39 is 0 Å². The van der Waals surface area contributed by atoms with Crippen molar-refractivity contribution in [3.8, 4) is 0 Å². The Labute approximate surface area is 98.3 Å². The van der Waals surface area contributed by atoms with Crippen LogP contribution in [0.2, 0.25) is 0 Å². The lowest BCUT2D eigenvalue weighted by molar-refractivity contribution is -0.112. The molecule has 0 aromatic carbocycles. The summed E-state index contributed by atoms with van der Waals surface area (Å²) in [4.78, 5) is 13.3. The number of ketones is 1. The van der Waals surface area contributed by atoms with Crippen molar-refractivity contribution in [3.63, 3.8) is 0 Å². The van der Waals surface area contributed by atoms with Crippen LogP contribution in [0.1, 0.15) is 27.7 Å². The maximum atomic E-state index is 11.0. The Kier molecular flexibility index (Phi) is 4.25. The van der Waals surface area contributed by atoms with E-state index in [0.717, 1.165) is 18.7 Å². The minimum absolute atomic E-state index is 0.0162. The van der Waals surface area contributed by atoms with Gasteiger partial charge in [0.05, 0.1) is 5.54 Å². The molecule has 1 aliphatic carbocycles. The molecule has 0 saturated heterocycles. The molecule has 1 rings (SSSR count). The van der Waals surface area contributed by atoms with Gasteiger partial charge >= 0.3 is 0 Å². The summed E-state index contributed by atoms with van der Waals surface area (Å²) in [7, 11) is 0. The number of hydrogen-bond donors (Lipinski definition) is 0. The van der Waals surface area contributed by atoms with E-state index in [0.29, 0.717) is 0 Å². The number of carbonyl (C=O) groups excluding carboxylic acids is 1. The molecule has 2 heteroatoms. The molecule has 0 heterocycles. The van der Waals surface area contributed by atoms with E-state index in [4.69, 9.17) is 0 Å². The number of allylic oxidation sites excluding steroid dienone is 4. The Bertz CT molecular complexity index is 330. The number of hydrogen-bond acceptors (Lipinski definition) is 2. The zero-order valence-electron chi connectivity index (χ0n) is 10.7. The molecule has 0 aromatic rings. The van der Waals surface area contributed by atoms with Crippen LogP contribution in [0.5, 0.6) is 0 Å². The van der Waals surface area contributed by atoms with E-state index in [1.807, 2.05) is 12.2 Å². The predicted octanol–water partition coefficient (Wildman–Crippen LogP) is 2.73. The molecule has 0 saturated carbocycles. The molecule has 0 amide bonds.